The molecule has 1 saturated heterocycles. The minimum absolute atomic E-state index is 0.246. The number of rotatable bonds is 4. The maximum atomic E-state index is 9.93. The highest BCUT2D eigenvalue weighted by Gasteiger charge is 2.24. The molecule has 2 atom stereocenters. The standard InChI is InChI=1S/C14H22ClN3O/c1-3-16-14-5-4-11(15)12(17-14)8-18-7-6-10(2)13(19)9-18/h4-5,10,13,19H,3,6-9H2,1-2H3,(H,16,17). The van der Waals surface area contributed by atoms with Gasteiger partial charge in [-0.05, 0) is 37.9 Å². The van der Waals surface area contributed by atoms with Crippen LogP contribution in [-0.4, -0.2) is 40.7 Å². The summed E-state index contributed by atoms with van der Waals surface area (Å²) < 4.78 is 0. The number of β-amino-alcohol motifs (C(OH)–C–C–N with tert-alkyl or cyclic N) is 1. The molecule has 4 nitrogen and oxygen atoms in total. The lowest BCUT2D eigenvalue weighted by Gasteiger charge is -2.34. The van der Waals surface area contributed by atoms with E-state index in [4.69, 9.17) is 11.6 Å². The molecule has 2 heterocycles. The van der Waals surface area contributed by atoms with E-state index in [2.05, 4.69) is 22.1 Å². The van der Waals surface area contributed by atoms with Crippen molar-refractivity contribution in [2.24, 2.45) is 5.92 Å². The minimum Gasteiger partial charge on any atom is -0.392 e. The predicted molar refractivity (Wildman–Crippen MR) is 78.5 cm³/mol. The Balaban J connectivity index is 2.04. The van der Waals surface area contributed by atoms with Crippen LogP contribution in [0, 0.1) is 5.92 Å². The van der Waals surface area contributed by atoms with Crippen LogP contribution in [0.3, 0.4) is 0 Å². The van der Waals surface area contributed by atoms with Gasteiger partial charge in [-0.25, -0.2) is 4.98 Å². The Labute approximate surface area is 119 Å². The average Bonchev–Trinajstić information content (AvgIpc) is 2.38. The lowest BCUT2D eigenvalue weighted by Crippen LogP contribution is -2.42. The molecule has 2 N–H and O–H groups in total. The Morgan fingerprint density at radius 3 is 3.00 bits per heavy atom. The summed E-state index contributed by atoms with van der Waals surface area (Å²) >= 11 is 6.20. The van der Waals surface area contributed by atoms with Crippen molar-refractivity contribution in [1.29, 1.82) is 0 Å². The molecule has 1 aromatic rings. The summed E-state index contributed by atoms with van der Waals surface area (Å²) in [7, 11) is 0. The molecule has 5 heteroatoms. The van der Waals surface area contributed by atoms with Crippen LogP contribution < -0.4 is 5.32 Å². The zero-order chi connectivity index (χ0) is 13.8. The van der Waals surface area contributed by atoms with E-state index in [9.17, 15) is 5.11 Å². The first-order valence-corrected chi connectivity index (χ1v) is 7.27. The van der Waals surface area contributed by atoms with E-state index < -0.39 is 0 Å². The number of hydrogen-bond acceptors (Lipinski definition) is 4. The van der Waals surface area contributed by atoms with E-state index in [1.807, 2.05) is 19.1 Å². The van der Waals surface area contributed by atoms with Crippen LogP contribution >= 0.6 is 11.6 Å². The maximum Gasteiger partial charge on any atom is 0.126 e. The summed E-state index contributed by atoms with van der Waals surface area (Å²) in [6.45, 7) is 7.36. The highest BCUT2D eigenvalue weighted by atomic mass is 35.5. The molecule has 0 amide bonds. The van der Waals surface area contributed by atoms with Gasteiger partial charge in [0, 0.05) is 19.6 Å². The van der Waals surface area contributed by atoms with Crippen molar-refractivity contribution >= 4 is 17.4 Å². The number of halogens is 1. The molecule has 1 fully saturated rings. The highest BCUT2D eigenvalue weighted by molar-refractivity contribution is 6.31. The fourth-order valence-electron chi connectivity index (χ4n) is 2.34. The first-order chi connectivity index (χ1) is 9.10. The van der Waals surface area contributed by atoms with Gasteiger partial charge in [0.1, 0.15) is 5.82 Å². The smallest absolute Gasteiger partial charge is 0.126 e. The summed E-state index contributed by atoms with van der Waals surface area (Å²) in [5.41, 5.74) is 0.877. The van der Waals surface area contributed by atoms with Gasteiger partial charge in [0.05, 0.1) is 16.8 Å². The zero-order valence-corrected chi connectivity index (χ0v) is 12.3. The van der Waals surface area contributed by atoms with Crippen LogP contribution in [0.4, 0.5) is 5.82 Å². The van der Waals surface area contributed by atoms with Crippen molar-refractivity contribution in [1.82, 2.24) is 9.88 Å². The van der Waals surface area contributed by atoms with Crippen LogP contribution in [0.25, 0.3) is 0 Å². The highest BCUT2D eigenvalue weighted by Crippen LogP contribution is 2.22. The molecule has 19 heavy (non-hydrogen) atoms. The summed E-state index contributed by atoms with van der Waals surface area (Å²) in [5, 5.41) is 13.8. The third-order valence-electron chi connectivity index (χ3n) is 3.65. The minimum atomic E-state index is -0.246. The Hall–Kier alpha value is -0.840. The molecule has 1 aliphatic heterocycles. The molecule has 1 aliphatic rings. The monoisotopic (exact) mass is 283 g/mol. The average molecular weight is 284 g/mol. The number of aliphatic hydroxyl groups is 1. The SMILES string of the molecule is CCNc1ccc(Cl)c(CN2CCC(C)C(O)C2)n1. The van der Waals surface area contributed by atoms with E-state index in [0.29, 0.717) is 24.0 Å². The summed E-state index contributed by atoms with van der Waals surface area (Å²) in [6, 6.07) is 3.77. The van der Waals surface area contributed by atoms with Gasteiger partial charge >= 0.3 is 0 Å². The van der Waals surface area contributed by atoms with Crippen molar-refractivity contribution in [3.63, 3.8) is 0 Å². The van der Waals surface area contributed by atoms with Crippen LogP contribution in [0.2, 0.25) is 5.02 Å². The van der Waals surface area contributed by atoms with Crippen LogP contribution in [-0.2, 0) is 6.54 Å². The second-order valence-electron chi connectivity index (χ2n) is 5.22. The first-order valence-electron chi connectivity index (χ1n) is 6.90. The molecular weight excluding hydrogens is 262 g/mol. The largest absolute Gasteiger partial charge is 0.392 e. The van der Waals surface area contributed by atoms with E-state index in [0.717, 1.165) is 31.0 Å². The number of pyridine rings is 1. The number of nitrogens with zero attached hydrogens (tertiary/aromatic N) is 2. The van der Waals surface area contributed by atoms with Gasteiger partial charge < -0.3 is 10.4 Å². The molecule has 0 aromatic carbocycles. The second-order valence-corrected chi connectivity index (χ2v) is 5.63. The Morgan fingerprint density at radius 2 is 2.32 bits per heavy atom. The number of likely N-dealkylation sites (tertiary alicyclic amines) is 1. The fourth-order valence-corrected chi connectivity index (χ4v) is 2.51. The number of hydrogen-bond donors (Lipinski definition) is 2. The quantitative estimate of drug-likeness (QED) is 0.891. The lowest BCUT2D eigenvalue weighted by atomic mass is 9.96. The van der Waals surface area contributed by atoms with E-state index in [1.54, 1.807) is 0 Å². The van der Waals surface area contributed by atoms with Crippen molar-refractivity contribution in [3.05, 3.63) is 22.8 Å². The Morgan fingerprint density at radius 1 is 1.53 bits per heavy atom. The number of aromatic nitrogens is 1. The topological polar surface area (TPSA) is 48.4 Å². The number of piperidine rings is 1. The van der Waals surface area contributed by atoms with Crippen molar-refractivity contribution < 1.29 is 5.11 Å². The van der Waals surface area contributed by atoms with Crippen molar-refractivity contribution in [3.8, 4) is 0 Å². The fraction of sp³-hybridized carbons (Fsp3) is 0.643. The first kappa shape index (κ1) is 14.6. The molecule has 0 bridgehead atoms. The normalized spacial score (nSPS) is 24.4. The van der Waals surface area contributed by atoms with Crippen LogP contribution in [0.1, 0.15) is 26.0 Å². The van der Waals surface area contributed by atoms with Crippen LogP contribution in [0.5, 0.6) is 0 Å². The molecule has 0 saturated carbocycles. The van der Waals surface area contributed by atoms with Crippen LogP contribution in [0.15, 0.2) is 12.1 Å². The number of nitrogens with one attached hydrogen (secondary N) is 1. The van der Waals surface area contributed by atoms with E-state index in [1.165, 1.54) is 0 Å². The Bertz CT molecular complexity index is 427. The summed E-state index contributed by atoms with van der Waals surface area (Å²) in [4.78, 5) is 6.75. The van der Waals surface area contributed by atoms with Gasteiger partial charge in [0.25, 0.3) is 0 Å². The molecule has 106 valence electrons. The second kappa shape index (κ2) is 6.55. The molecule has 0 radical (unpaired) electrons. The van der Waals surface area contributed by atoms with Gasteiger partial charge in [0.15, 0.2) is 0 Å². The number of anilines is 1. The molecule has 0 spiro atoms. The number of aliphatic hydroxyl groups excluding tert-OH is 1. The third kappa shape index (κ3) is 3.81. The van der Waals surface area contributed by atoms with E-state index in [-0.39, 0.29) is 6.10 Å². The zero-order valence-electron chi connectivity index (χ0n) is 11.6. The molecule has 1 aromatic heterocycles. The summed E-state index contributed by atoms with van der Waals surface area (Å²) in [5.74, 6) is 1.24. The van der Waals surface area contributed by atoms with Gasteiger partial charge in [-0.1, -0.05) is 18.5 Å². The van der Waals surface area contributed by atoms with E-state index >= 15 is 0 Å². The van der Waals surface area contributed by atoms with Crippen molar-refractivity contribution in [2.45, 2.75) is 32.9 Å². The molecule has 0 aliphatic carbocycles. The van der Waals surface area contributed by atoms with Gasteiger partial charge in [-0.2, -0.15) is 0 Å². The third-order valence-corrected chi connectivity index (χ3v) is 4.00. The van der Waals surface area contributed by atoms with Gasteiger partial charge in [-0.15, -0.1) is 0 Å². The van der Waals surface area contributed by atoms with Gasteiger partial charge in [-0.3, -0.25) is 4.90 Å². The molecular formula is C14H22ClN3O. The maximum absolute atomic E-state index is 9.93. The molecule has 2 rings (SSSR count). The Kier molecular flexibility index (Phi) is 5.02. The van der Waals surface area contributed by atoms with Crippen molar-refractivity contribution in [2.75, 3.05) is 25.0 Å². The van der Waals surface area contributed by atoms with Gasteiger partial charge in [0.2, 0.25) is 0 Å². The summed E-state index contributed by atoms with van der Waals surface area (Å²) in [6.07, 6.45) is 0.774. The predicted octanol–water partition coefficient (Wildman–Crippen LogP) is 2.37. The lowest BCUT2D eigenvalue weighted by molar-refractivity contribution is 0.0254. The molecule has 2 unspecified atom stereocenters.